The zero-order valence-electron chi connectivity index (χ0n) is 10.6. The molecule has 4 nitrogen and oxygen atoms in total. The molecule has 5 heteroatoms. The van der Waals surface area contributed by atoms with Crippen LogP contribution in [-0.4, -0.2) is 16.1 Å². The fourth-order valence-electron chi connectivity index (χ4n) is 1.69. The lowest BCUT2D eigenvalue weighted by atomic mass is 10.2. The molecule has 2 rings (SSSR count). The molecule has 0 aliphatic rings. The van der Waals surface area contributed by atoms with E-state index < -0.39 is 0 Å². The predicted molar refractivity (Wildman–Crippen MR) is 76.3 cm³/mol. The van der Waals surface area contributed by atoms with Gasteiger partial charge in [0.25, 0.3) is 5.56 Å². The van der Waals surface area contributed by atoms with Crippen LogP contribution in [0.1, 0.15) is 20.3 Å². The summed E-state index contributed by atoms with van der Waals surface area (Å²) in [6, 6.07) is 3.71. The molecule has 2 heterocycles. The van der Waals surface area contributed by atoms with Crippen LogP contribution in [0.5, 0.6) is 0 Å². The van der Waals surface area contributed by atoms with Gasteiger partial charge in [0.1, 0.15) is 0 Å². The summed E-state index contributed by atoms with van der Waals surface area (Å²) in [6.45, 7) is 5.65. The van der Waals surface area contributed by atoms with Crippen molar-refractivity contribution in [2.45, 2.75) is 26.8 Å². The Morgan fingerprint density at radius 2 is 2.28 bits per heavy atom. The number of nitrogens with zero attached hydrogens (tertiary/aromatic N) is 2. The molecule has 96 valence electrons. The lowest BCUT2D eigenvalue weighted by Gasteiger charge is -2.03. The highest BCUT2D eigenvalue weighted by Gasteiger charge is 2.09. The molecule has 2 aromatic rings. The van der Waals surface area contributed by atoms with E-state index >= 15 is 0 Å². The molecular formula is C13H17N3OS. The molecule has 0 atom stereocenters. The average Bonchev–Trinajstić information content (AvgIpc) is 2.85. The Morgan fingerprint density at radius 3 is 3.00 bits per heavy atom. The Hall–Kier alpha value is -1.62. The Labute approximate surface area is 110 Å². The molecule has 0 spiro atoms. The normalized spacial score (nSPS) is 10.6. The highest BCUT2D eigenvalue weighted by molar-refractivity contribution is 7.14. The van der Waals surface area contributed by atoms with Crippen molar-refractivity contribution in [1.82, 2.24) is 9.55 Å². The maximum absolute atomic E-state index is 12.1. The summed E-state index contributed by atoms with van der Waals surface area (Å²) in [5.74, 6) is 0. The maximum Gasteiger partial charge on any atom is 0.260 e. The van der Waals surface area contributed by atoms with Crippen LogP contribution in [0, 0.1) is 0 Å². The summed E-state index contributed by atoms with van der Waals surface area (Å²) in [4.78, 5) is 16.6. The van der Waals surface area contributed by atoms with Crippen molar-refractivity contribution in [3.8, 4) is 11.3 Å². The monoisotopic (exact) mass is 263 g/mol. The number of anilines is 1. The van der Waals surface area contributed by atoms with Gasteiger partial charge >= 0.3 is 0 Å². The molecule has 0 aliphatic heterocycles. The van der Waals surface area contributed by atoms with Gasteiger partial charge in [-0.2, -0.15) is 0 Å². The van der Waals surface area contributed by atoms with Crippen LogP contribution >= 0.6 is 11.3 Å². The Kier molecular flexibility index (Phi) is 4.15. The number of thiazole rings is 1. The first-order chi connectivity index (χ1) is 8.76. The van der Waals surface area contributed by atoms with Crippen LogP contribution in [0.4, 0.5) is 5.13 Å². The third kappa shape index (κ3) is 2.61. The van der Waals surface area contributed by atoms with Crippen molar-refractivity contribution >= 4 is 16.5 Å². The van der Waals surface area contributed by atoms with Crippen LogP contribution in [0.15, 0.2) is 28.5 Å². The van der Waals surface area contributed by atoms with E-state index in [2.05, 4.69) is 17.2 Å². The Morgan fingerprint density at radius 1 is 1.44 bits per heavy atom. The smallest absolute Gasteiger partial charge is 0.260 e. The molecule has 0 fully saturated rings. The second-order valence-corrected chi connectivity index (χ2v) is 4.84. The fourth-order valence-corrected chi connectivity index (χ4v) is 2.43. The first kappa shape index (κ1) is 12.8. The Balaban J connectivity index is 2.31. The topological polar surface area (TPSA) is 46.9 Å². The van der Waals surface area contributed by atoms with Crippen molar-refractivity contribution in [2.75, 3.05) is 11.9 Å². The van der Waals surface area contributed by atoms with E-state index in [-0.39, 0.29) is 5.56 Å². The van der Waals surface area contributed by atoms with E-state index in [4.69, 9.17) is 0 Å². The van der Waals surface area contributed by atoms with E-state index in [0.29, 0.717) is 12.1 Å². The second kappa shape index (κ2) is 5.82. The number of aromatic nitrogens is 2. The van der Waals surface area contributed by atoms with E-state index in [1.807, 2.05) is 24.4 Å². The molecular weight excluding hydrogens is 246 g/mol. The molecule has 0 saturated heterocycles. The van der Waals surface area contributed by atoms with E-state index in [9.17, 15) is 4.79 Å². The minimum absolute atomic E-state index is 0.0207. The summed E-state index contributed by atoms with van der Waals surface area (Å²) < 4.78 is 1.69. The molecule has 0 unspecified atom stereocenters. The van der Waals surface area contributed by atoms with Gasteiger partial charge in [0, 0.05) is 24.7 Å². The van der Waals surface area contributed by atoms with Crippen molar-refractivity contribution in [3.63, 3.8) is 0 Å². The lowest BCUT2D eigenvalue weighted by molar-refractivity contribution is 0.728. The van der Waals surface area contributed by atoms with Gasteiger partial charge in [-0.05, 0) is 25.5 Å². The van der Waals surface area contributed by atoms with Crippen molar-refractivity contribution in [1.29, 1.82) is 0 Å². The number of hydrogen-bond acceptors (Lipinski definition) is 4. The quantitative estimate of drug-likeness (QED) is 0.902. The van der Waals surface area contributed by atoms with Gasteiger partial charge in [-0.15, -0.1) is 11.3 Å². The summed E-state index contributed by atoms with van der Waals surface area (Å²) in [5.41, 5.74) is 1.44. The van der Waals surface area contributed by atoms with Crippen molar-refractivity contribution in [3.05, 3.63) is 34.1 Å². The molecule has 0 bridgehead atoms. The molecule has 2 aromatic heterocycles. The minimum atomic E-state index is 0.0207. The molecule has 0 amide bonds. The number of nitrogens with one attached hydrogen (secondary N) is 1. The SMILES string of the molecule is CCCNc1nc(-c2cccn(CC)c2=O)cs1. The molecule has 1 N–H and O–H groups in total. The highest BCUT2D eigenvalue weighted by atomic mass is 32.1. The van der Waals surface area contributed by atoms with Gasteiger partial charge in [0.15, 0.2) is 5.13 Å². The van der Waals surface area contributed by atoms with Crippen LogP contribution < -0.4 is 10.9 Å². The summed E-state index contributed by atoms with van der Waals surface area (Å²) >= 11 is 1.54. The van der Waals surface area contributed by atoms with E-state index in [0.717, 1.165) is 23.8 Å². The van der Waals surface area contributed by atoms with Gasteiger partial charge in [0.2, 0.25) is 0 Å². The standard InChI is InChI=1S/C13H17N3OS/c1-3-7-14-13-15-11(9-18-13)10-6-5-8-16(4-2)12(10)17/h5-6,8-9H,3-4,7H2,1-2H3,(H,14,15). The average molecular weight is 263 g/mol. The predicted octanol–water partition coefficient (Wildman–Crippen LogP) is 2.81. The third-order valence-corrected chi connectivity index (χ3v) is 3.47. The van der Waals surface area contributed by atoms with Gasteiger partial charge in [-0.25, -0.2) is 4.98 Å². The lowest BCUT2D eigenvalue weighted by Crippen LogP contribution is -2.19. The highest BCUT2D eigenvalue weighted by Crippen LogP contribution is 2.22. The van der Waals surface area contributed by atoms with Crippen LogP contribution in [0.2, 0.25) is 0 Å². The molecule has 18 heavy (non-hydrogen) atoms. The van der Waals surface area contributed by atoms with Gasteiger partial charge in [-0.3, -0.25) is 4.79 Å². The van der Waals surface area contributed by atoms with Crippen molar-refractivity contribution < 1.29 is 0 Å². The number of hydrogen-bond donors (Lipinski definition) is 1. The van der Waals surface area contributed by atoms with Gasteiger partial charge < -0.3 is 9.88 Å². The largest absolute Gasteiger partial charge is 0.362 e. The summed E-state index contributed by atoms with van der Waals surface area (Å²) in [7, 11) is 0. The number of pyridine rings is 1. The number of rotatable bonds is 5. The second-order valence-electron chi connectivity index (χ2n) is 3.98. The zero-order chi connectivity index (χ0) is 13.0. The van der Waals surface area contributed by atoms with Crippen LogP contribution in [0.3, 0.4) is 0 Å². The molecule has 0 radical (unpaired) electrons. The molecule has 0 aliphatic carbocycles. The molecule has 0 aromatic carbocycles. The van der Waals surface area contributed by atoms with E-state index in [1.165, 1.54) is 11.3 Å². The zero-order valence-corrected chi connectivity index (χ0v) is 11.5. The minimum Gasteiger partial charge on any atom is -0.362 e. The van der Waals surface area contributed by atoms with Crippen LogP contribution in [-0.2, 0) is 6.54 Å². The molecule has 0 saturated carbocycles. The van der Waals surface area contributed by atoms with E-state index in [1.54, 1.807) is 10.8 Å². The fraction of sp³-hybridized carbons (Fsp3) is 0.385. The third-order valence-electron chi connectivity index (χ3n) is 2.67. The van der Waals surface area contributed by atoms with Crippen LogP contribution in [0.25, 0.3) is 11.3 Å². The van der Waals surface area contributed by atoms with Crippen molar-refractivity contribution in [2.24, 2.45) is 0 Å². The van der Waals surface area contributed by atoms with Gasteiger partial charge in [-0.1, -0.05) is 6.92 Å². The first-order valence-corrected chi connectivity index (χ1v) is 7.03. The summed E-state index contributed by atoms with van der Waals surface area (Å²) in [5, 5.41) is 6.03. The summed E-state index contributed by atoms with van der Waals surface area (Å²) in [6.07, 6.45) is 2.86. The first-order valence-electron chi connectivity index (χ1n) is 6.15. The Bertz CT molecular complexity index is 574. The van der Waals surface area contributed by atoms with Gasteiger partial charge in [0.05, 0.1) is 11.3 Å². The maximum atomic E-state index is 12.1. The number of aryl methyl sites for hydroxylation is 1.